The SMILES string of the molecule is CCCC/C=C\C=C/CCCCCC(=O)OCC(COC(=O)CCCCCCCCC/C=C\CCCCCCCC)OC(=O)CCCCC/C=C\C=C/CCCCCCCCC. The van der Waals surface area contributed by atoms with Gasteiger partial charge in [-0.2, -0.15) is 0 Å². The molecule has 0 amide bonds. The Morgan fingerprint density at radius 1 is 0.323 bits per heavy atom. The van der Waals surface area contributed by atoms with Gasteiger partial charge in [0.05, 0.1) is 0 Å². The van der Waals surface area contributed by atoms with E-state index < -0.39 is 6.10 Å². The number of unbranched alkanes of at least 4 members (excludes halogenated alkanes) is 28. The van der Waals surface area contributed by atoms with E-state index in [9.17, 15) is 14.4 Å². The fourth-order valence-electron chi connectivity index (χ4n) is 7.23. The standard InChI is InChI=1S/C56H98O6/c1-4-7-10-13-16-19-22-24-26-28-30-31-34-37-40-43-46-49-55(58)61-52-53(51-60-54(57)48-45-42-39-36-33-21-18-15-12-9-6-3)62-56(59)50-47-44-41-38-35-32-29-27-25-23-20-17-14-11-8-5-2/h15,18,21,24,26-27,29,32-33,35,53H,4-14,16-17,19-20,22-23,25,28,30-31,34,36-52H2,1-3H3/b18-15-,26-24-,29-27-,33-21-,35-32-. The van der Waals surface area contributed by atoms with Gasteiger partial charge in [-0.3, -0.25) is 14.4 Å². The van der Waals surface area contributed by atoms with Crippen LogP contribution in [0, 0.1) is 0 Å². The molecular weight excluding hydrogens is 769 g/mol. The Morgan fingerprint density at radius 3 is 0.968 bits per heavy atom. The van der Waals surface area contributed by atoms with E-state index >= 15 is 0 Å². The molecule has 62 heavy (non-hydrogen) atoms. The van der Waals surface area contributed by atoms with Crippen molar-refractivity contribution in [2.45, 2.75) is 264 Å². The fourth-order valence-corrected chi connectivity index (χ4v) is 7.23. The number of esters is 3. The maximum absolute atomic E-state index is 12.8. The maximum Gasteiger partial charge on any atom is 0.306 e. The summed E-state index contributed by atoms with van der Waals surface area (Å²) in [5, 5.41) is 0. The summed E-state index contributed by atoms with van der Waals surface area (Å²) in [5.74, 6) is -0.952. The molecule has 358 valence electrons. The van der Waals surface area contributed by atoms with Gasteiger partial charge in [0.2, 0.25) is 0 Å². The molecule has 0 saturated heterocycles. The topological polar surface area (TPSA) is 78.9 Å². The first kappa shape index (κ1) is 59.1. The van der Waals surface area contributed by atoms with Crippen molar-refractivity contribution in [3.8, 4) is 0 Å². The van der Waals surface area contributed by atoms with Crippen LogP contribution in [-0.4, -0.2) is 37.2 Å². The second-order valence-electron chi connectivity index (χ2n) is 17.5. The number of hydrogen-bond donors (Lipinski definition) is 0. The number of carbonyl (C=O) groups is 3. The van der Waals surface area contributed by atoms with Crippen LogP contribution in [0.2, 0.25) is 0 Å². The van der Waals surface area contributed by atoms with E-state index in [-0.39, 0.29) is 31.1 Å². The Bertz CT molecular complexity index is 1130. The first-order valence-corrected chi connectivity index (χ1v) is 26.3. The summed E-state index contributed by atoms with van der Waals surface area (Å²) < 4.78 is 16.7. The van der Waals surface area contributed by atoms with Crippen LogP contribution in [0.15, 0.2) is 60.8 Å². The summed E-state index contributed by atoms with van der Waals surface area (Å²) in [4.78, 5) is 37.9. The molecule has 0 aliphatic rings. The van der Waals surface area contributed by atoms with Crippen molar-refractivity contribution < 1.29 is 28.6 Å². The Balaban J connectivity index is 4.42. The van der Waals surface area contributed by atoms with Gasteiger partial charge in [-0.25, -0.2) is 0 Å². The molecule has 0 N–H and O–H groups in total. The van der Waals surface area contributed by atoms with Crippen molar-refractivity contribution in [1.82, 2.24) is 0 Å². The summed E-state index contributed by atoms with van der Waals surface area (Å²) in [6.45, 7) is 6.53. The van der Waals surface area contributed by atoms with E-state index in [2.05, 4.69) is 81.5 Å². The Kier molecular flexibility index (Phi) is 48.4. The van der Waals surface area contributed by atoms with Crippen LogP contribution in [-0.2, 0) is 28.6 Å². The molecule has 6 heteroatoms. The lowest BCUT2D eigenvalue weighted by molar-refractivity contribution is -0.167. The number of ether oxygens (including phenoxy) is 3. The summed E-state index contributed by atoms with van der Waals surface area (Å²) in [7, 11) is 0. The molecule has 0 aromatic heterocycles. The van der Waals surface area contributed by atoms with E-state index in [4.69, 9.17) is 14.2 Å². The van der Waals surface area contributed by atoms with Gasteiger partial charge >= 0.3 is 17.9 Å². The molecule has 6 nitrogen and oxygen atoms in total. The van der Waals surface area contributed by atoms with Crippen molar-refractivity contribution in [2.75, 3.05) is 13.2 Å². The second kappa shape index (κ2) is 50.8. The third-order valence-corrected chi connectivity index (χ3v) is 11.3. The average molecular weight is 867 g/mol. The average Bonchev–Trinajstić information content (AvgIpc) is 3.27. The zero-order valence-corrected chi connectivity index (χ0v) is 40.9. The lowest BCUT2D eigenvalue weighted by Gasteiger charge is -2.18. The van der Waals surface area contributed by atoms with Crippen molar-refractivity contribution in [2.24, 2.45) is 0 Å². The third kappa shape index (κ3) is 48.1. The minimum absolute atomic E-state index is 0.0955. The molecule has 0 spiro atoms. The maximum atomic E-state index is 12.8. The van der Waals surface area contributed by atoms with Gasteiger partial charge < -0.3 is 14.2 Å². The van der Waals surface area contributed by atoms with Crippen LogP contribution in [0.5, 0.6) is 0 Å². The molecular formula is C56H98O6. The molecule has 0 aliphatic carbocycles. The third-order valence-electron chi connectivity index (χ3n) is 11.3. The molecule has 0 radical (unpaired) electrons. The first-order chi connectivity index (χ1) is 30.5. The van der Waals surface area contributed by atoms with E-state index in [0.717, 1.165) is 83.5 Å². The predicted molar refractivity (Wildman–Crippen MR) is 265 cm³/mol. The quantitative estimate of drug-likeness (QED) is 0.0199. The van der Waals surface area contributed by atoms with Crippen LogP contribution in [0.25, 0.3) is 0 Å². The highest BCUT2D eigenvalue weighted by Gasteiger charge is 2.19. The van der Waals surface area contributed by atoms with E-state index in [1.54, 1.807) is 0 Å². The normalized spacial score (nSPS) is 12.5. The lowest BCUT2D eigenvalue weighted by atomic mass is 10.1. The summed E-state index contributed by atoms with van der Waals surface area (Å²) in [6.07, 6.45) is 62.1. The number of hydrogen-bond acceptors (Lipinski definition) is 6. The summed E-state index contributed by atoms with van der Waals surface area (Å²) >= 11 is 0. The zero-order valence-electron chi connectivity index (χ0n) is 40.9. The Hall–Kier alpha value is -2.89. The highest BCUT2D eigenvalue weighted by Crippen LogP contribution is 2.14. The van der Waals surface area contributed by atoms with Crippen LogP contribution >= 0.6 is 0 Å². The monoisotopic (exact) mass is 867 g/mol. The smallest absolute Gasteiger partial charge is 0.306 e. The highest BCUT2D eigenvalue weighted by molar-refractivity contribution is 5.71. The van der Waals surface area contributed by atoms with Crippen LogP contribution in [0.3, 0.4) is 0 Å². The molecule has 1 unspecified atom stereocenters. The molecule has 0 fully saturated rings. The van der Waals surface area contributed by atoms with Gasteiger partial charge in [-0.15, -0.1) is 0 Å². The van der Waals surface area contributed by atoms with Gasteiger partial charge in [0, 0.05) is 19.3 Å². The minimum atomic E-state index is -0.799. The predicted octanol–water partition coefficient (Wildman–Crippen LogP) is 17.3. The highest BCUT2D eigenvalue weighted by atomic mass is 16.6. The molecule has 0 bridgehead atoms. The fraction of sp³-hybridized carbons (Fsp3) is 0.768. The molecule has 0 heterocycles. The number of carbonyl (C=O) groups excluding carboxylic acids is 3. The zero-order chi connectivity index (χ0) is 45.1. The van der Waals surface area contributed by atoms with Crippen molar-refractivity contribution in [1.29, 1.82) is 0 Å². The number of allylic oxidation sites excluding steroid dienone is 10. The van der Waals surface area contributed by atoms with Crippen LogP contribution in [0.1, 0.15) is 258 Å². The molecule has 0 saturated carbocycles. The summed E-state index contributed by atoms with van der Waals surface area (Å²) in [5.41, 5.74) is 0. The number of rotatable bonds is 47. The summed E-state index contributed by atoms with van der Waals surface area (Å²) in [6, 6.07) is 0. The first-order valence-electron chi connectivity index (χ1n) is 26.3. The van der Waals surface area contributed by atoms with Crippen molar-refractivity contribution in [3.05, 3.63) is 60.8 Å². The van der Waals surface area contributed by atoms with Crippen LogP contribution < -0.4 is 0 Å². The van der Waals surface area contributed by atoms with Gasteiger partial charge in [0.1, 0.15) is 13.2 Å². The largest absolute Gasteiger partial charge is 0.462 e. The van der Waals surface area contributed by atoms with Gasteiger partial charge in [-0.1, -0.05) is 210 Å². The molecule has 0 aromatic rings. The van der Waals surface area contributed by atoms with E-state index in [1.165, 1.54) is 135 Å². The second-order valence-corrected chi connectivity index (χ2v) is 17.5. The van der Waals surface area contributed by atoms with E-state index in [1.807, 2.05) is 0 Å². The minimum Gasteiger partial charge on any atom is -0.462 e. The van der Waals surface area contributed by atoms with Crippen LogP contribution in [0.4, 0.5) is 0 Å². The van der Waals surface area contributed by atoms with Gasteiger partial charge in [-0.05, 0) is 89.9 Å². The Morgan fingerprint density at radius 2 is 0.597 bits per heavy atom. The van der Waals surface area contributed by atoms with Crippen molar-refractivity contribution >= 4 is 17.9 Å². The van der Waals surface area contributed by atoms with E-state index in [0.29, 0.717) is 19.3 Å². The van der Waals surface area contributed by atoms with Gasteiger partial charge in [0.15, 0.2) is 6.10 Å². The Labute approximate surface area is 383 Å². The van der Waals surface area contributed by atoms with Gasteiger partial charge in [0.25, 0.3) is 0 Å². The molecule has 0 aliphatic heterocycles. The van der Waals surface area contributed by atoms with Crippen molar-refractivity contribution in [3.63, 3.8) is 0 Å². The molecule has 1 atom stereocenters. The molecule has 0 aromatic carbocycles. The molecule has 0 rings (SSSR count). The lowest BCUT2D eigenvalue weighted by Crippen LogP contribution is -2.30.